The third kappa shape index (κ3) is 2.68. The molecule has 3 nitrogen and oxygen atoms in total. The molecule has 0 aromatic carbocycles. The molecule has 2 unspecified atom stereocenters. The van der Waals surface area contributed by atoms with Crippen LogP contribution in [0.2, 0.25) is 0 Å². The van der Waals surface area contributed by atoms with Crippen molar-refractivity contribution in [3.8, 4) is 0 Å². The van der Waals surface area contributed by atoms with Crippen LogP contribution in [0.4, 0.5) is 0 Å². The highest BCUT2D eigenvalue weighted by Crippen LogP contribution is 2.30. The molecule has 0 saturated heterocycles. The summed E-state index contributed by atoms with van der Waals surface area (Å²) in [6.07, 6.45) is 6.79. The van der Waals surface area contributed by atoms with Gasteiger partial charge in [-0.1, -0.05) is 12.2 Å². The predicted molar refractivity (Wildman–Crippen MR) is 48.1 cm³/mol. The second-order valence-corrected chi connectivity index (χ2v) is 3.27. The van der Waals surface area contributed by atoms with Crippen LogP contribution in [-0.4, -0.2) is 19.4 Å². The Morgan fingerprint density at radius 1 is 1.69 bits per heavy atom. The quantitative estimate of drug-likeness (QED) is 0.374. The van der Waals surface area contributed by atoms with E-state index in [1.54, 1.807) is 0 Å². The molecular formula is C10H14O3. The predicted octanol–water partition coefficient (Wildman–Crippen LogP) is 1.33. The highest BCUT2D eigenvalue weighted by atomic mass is 16.5. The third-order valence-corrected chi connectivity index (χ3v) is 2.46. The van der Waals surface area contributed by atoms with Gasteiger partial charge in [0.1, 0.15) is 6.29 Å². The second kappa shape index (κ2) is 4.80. The molecule has 0 spiro atoms. The molecule has 0 bridgehead atoms. The zero-order valence-corrected chi connectivity index (χ0v) is 7.73. The maximum absolute atomic E-state index is 11.0. The number of allylic oxidation sites excluding steroid dienone is 2. The summed E-state index contributed by atoms with van der Waals surface area (Å²) in [7, 11) is 1.38. The van der Waals surface area contributed by atoms with Crippen molar-refractivity contribution in [2.75, 3.05) is 7.11 Å². The first-order valence-electron chi connectivity index (χ1n) is 4.45. The first-order chi connectivity index (χ1) is 6.27. The van der Waals surface area contributed by atoms with E-state index < -0.39 is 0 Å². The summed E-state index contributed by atoms with van der Waals surface area (Å²) in [5.74, 6) is 0.293. The Balaban J connectivity index is 2.42. The molecular weight excluding hydrogens is 168 g/mol. The Bertz CT molecular complexity index is 220. The largest absolute Gasteiger partial charge is 0.469 e. The van der Waals surface area contributed by atoms with Gasteiger partial charge < -0.3 is 9.53 Å². The van der Waals surface area contributed by atoms with Gasteiger partial charge in [-0.2, -0.15) is 0 Å². The van der Waals surface area contributed by atoms with E-state index >= 15 is 0 Å². The van der Waals surface area contributed by atoms with Gasteiger partial charge in [-0.25, -0.2) is 0 Å². The van der Waals surface area contributed by atoms with Gasteiger partial charge in [0.2, 0.25) is 0 Å². The molecule has 0 heterocycles. The lowest BCUT2D eigenvalue weighted by Crippen LogP contribution is -2.14. The zero-order valence-electron chi connectivity index (χ0n) is 7.73. The number of methoxy groups -OCH3 is 1. The molecule has 1 aliphatic carbocycles. The number of hydrogen-bond donors (Lipinski definition) is 0. The number of hydrogen-bond acceptors (Lipinski definition) is 3. The lowest BCUT2D eigenvalue weighted by Gasteiger charge is -2.14. The van der Waals surface area contributed by atoms with Gasteiger partial charge >= 0.3 is 5.97 Å². The van der Waals surface area contributed by atoms with Crippen LogP contribution in [0.3, 0.4) is 0 Å². The zero-order chi connectivity index (χ0) is 9.68. The molecule has 0 aromatic heterocycles. The van der Waals surface area contributed by atoms with E-state index in [0.717, 1.165) is 12.7 Å². The minimum Gasteiger partial charge on any atom is -0.469 e. The number of carbonyl (C=O) groups excluding carboxylic acids is 2. The number of esters is 1. The molecule has 1 rings (SSSR count). The summed E-state index contributed by atoms with van der Waals surface area (Å²) < 4.78 is 4.58. The van der Waals surface area contributed by atoms with Crippen LogP contribution in [0.1, 0.15) is 19.3 Å². The average Bonchev–Trinajstić information content (AvgIpc) is 2.54. The number of rotatable bonds is 4. The standard InChI is InChI=1S/C10H14O3/c1-13-10(12)7-9-4-2-3-8(9)5-6-11/h2,4,6,8-9H,3,5,7H2,1H3. The molecule has 0 radical (unpaired) electrons. The van der Waals surface area contributed by atoms with Gasteiger partial charge in [-0.15, -0.1) is 0 Å². The first-order valence-corrected chi connectivity index (χ1v) is 4.45. The summed E-state index contributed by atoms with van der Waals surface area (Å²) in [4.78, 5) is 21.3. The topological polar surface area (TPSA) is 43.4 Å². The molecule has 0 N–H and O–H groups in total. The molecule has 0 saturated carbocycles. The van der Waals surface area contributed by atoms with Gasteiger partial charge in [-0.3, -0.25) is 4.79 Å². The average molecular weight is 182 g/mol. The Kier molecular flexibility index (Phi) is 3.68. The van der Waals surface area contributed by atoms with Gasteiger partial charge in [0.25, 0.3) is 0 Å². The van der Waals surface area contributed by atoms with Crippen molar-refractivity contribution >= 4 is 12.3 Å². The van der Waals surface area contributed by atoms with Crippen LogP contribution in [0, 0.1) is 11.8 Å². The van der Waals surface area contributed by atoms with Crippen LogP contribution in [0.5, 0.6) is 0 Å². The molecule has 3 heteroatoms. The smallest absolute Gasteiger partial charge is 0.306 e. The first kappa shape index (κ1) is 9.96. The summed E-state index contributed by atoms with van der Waals surface area (Å²) in [6.45, 7) is 0. The maximum Gasteiger partial charge on any atom is 0.306 e. The van der Waals surface area contributed by atoms with Crippen molar-refractivity contribution in [2.24, 2.45) is 11.8 Å². The van der Waals surface area contributed by atoms with Crippen LogP contribution < -0.4 is 0 Å². The van der Waals surface area contributed by atoms with Crippen molar-refractivity contribution < 1.29 is 14.3 Å². The number of aldehydes is 1. The fraction of sp³-hybridized carbons (Fsp3) is 0.600. The monoisotopic (exact) mass is 182 g/mol. The van der Waals surface area contributed by atoms with Crippen molar-refractivity contribution in [1.82, 2.24) is 0 Å². The van der Waals surface area contributed by atoms with E-state index in [9.17, 15) is 9.59 Å². The molecule has 1 aliphatic rings. The Morgan fingerprint density at radius 2 is 2.46 bits per heavy atom. The summed E-state index contributed by atoms with van der Waals surface area (Å²) >= 11 is 0. The summed E-state index contributed by atoms with van der Waals surface area (Å²) in [5.41, 5.74) is 0. The Labute approximate surface area is 77.8 Å². The fourth-order valence-electron chi connectivity index (χ4n) is 1.67. The van der Waals surface area contributed by atoms with E-state index in [1.165, 1.54) is 7.11 Å². The van der Waals surface area contributed by atoms with Crippen LogP contribution >= 0.6 is 0 Å². The lowest BCUT2D eigenvalue weighted by atomic mass is 9.90. The molecule has 0 aromatic rings. The van der Waals surface area contributed by atoms with Crippen molar-refractivity contribution in [3.05, 3.63) is 12.2 Å². The molecule has 13 heavy (non-hydrogen) atoms. The molecule has 2 atom stereocenters. The van der Waals surface area contributed by atoms with E-state index in [4.69, 9.17) is 0 Å². The number of carbonyl (C=O) groups is 2. The molecule has 0 aliphatic heterocycles. The van der Waals surface area contributed by atoms with Gasteiger partial charge in [0, 0.05) is 6.42 Å². The Morgan fingerprint density at radius 3 is 3.08 bits per heavy atom. The lowest BCUT2D eigenvalue weighted by molar-refractivity contribution is -0.141. The maximum atomic E-state index is 11.0. The van der Waals surface area contributed by atoms with Gasteiger partial charge in [0.05, 0.1) is 13.5 Å². The highest BCUT2D eigenvalue weighted by Gasteiger charge is 2.24. The SMILES string of the molecule is COC(=O)CC1C=CCC1CC=O. The van der Waals surface area contributed by atoms with Crippen molar-refractivity contribution in [2.45, 2.75) is 19.3 Å². The minimum absolute atomic E-state index is 0.192. The fourth-order valence-corrected chi connectivity index (χ4v) is 1.67. The number of ether oxygens (including phenoxy) is 1. The van der Waals surface area contributed by atoms with Crippen molar-refractivity contribution in [1.29, 1.82) is 0 Å². The van der Waals surface area contributed by atoms with Crippen LogP contribution in [0.15, 0.2) is 12.2 Å². The summed E-state index contributed by atoms with van der Waals surface area (Å²) in [5, 5.41) is 0. The Hall–Kier alpha value is -1.12. The van der Waals surface area contributed by atoms with Crippen LogP contribution in [0.25, 0.3) is 0 Å². The van der Waals surface area contributed by atoms with E-state index in [2.05, 4.69) is 4.74 Å². The molecule has 0 fully saturated rings. The van der Waals surface area contributed by atoms with Gasteiger partial charge in [-0.05, 0) is 18.3 Å². The molecule has 0 amide bonds. The normalized spacial score (nSPS) is 25.9. The molecule has 72 valence electrons. The minimum atomic E-state index is -0.201. The third-order valence-electron chi connectivity index (χ3n) is 2.46. The summed E-state index contributed by atoms with van der Waals surface area (Å²) in [6, 6.07) is 0. The van der Waals surface area contributed by atoms with Crippen molar-refractivity contribution in [3.63, 3.8) is 0 Å². The van der Waals surface area contributed by atoms with Gasteiger partial charge in [0.15, 0.2) is 0 Å². The van der Waals surface area contributed by atoms with E-state index in [1.807, 2.05) is 12.2 Å². The van der Waals surface area contributed by atoms with E-state index in [-0.39, 0.29) is 11.9 Å². The van der Waals surface area contributed by atoms with Crippen LogP contribution in [-0.2, 0) is 14.3 Å². The highest BCUT2D eigenvalue weighted by molar-refractivity contribution is 5.70. The second-order valence-electron chi connectivity index (χ2n) is 3.27. The van der Waals surface area contributed by atoms with E-state index in [0.29, 0.717) is 18.8 Å².